The van der Waals surface area contributed by atoms with Gasteiger partial charge >= 0.3 is 0 Å². The smallest absolute Gasteiger partial charge is 0.184 e. The van der Waals surface area contributed by atoms with E-state index in [2.05, 4.69) is 15.9 Å². The Morgan fingerprint density at radius 3 is 2.58 bits per heavy atom. The molecule has 1 heterocycles. The summed E-state index contributed by atoms with van der Waals surface area (Å²) in [7, 11) is 0. The molecule has 0 spiro atoms. The molecule has 2 aromatic rings. The number of fused-ring (bicyclic) bond motifs is 1. The van der Waals surface area contributed by atoms with Gasteiger partial charge in [-0.15, -0.1) is 0 Å². The SMILES string of the molecule is Cc1ccc2c(c1)C(=O)C(Br)C(c1ccccc1)O2. The summed E-state index contributed by atoms with van der Waals surface area (Å²) in [6.45, 7) is 1.97. The van der Waals surface area contributed by atoms with Crippen molar-refractivity contribution in [2.45, 2.75) is 17.9 Å². The van der Waals surface area contributed by atoms with Gasteiger partial charge in [-0.1, -0.05) is 57.9 Å². The van der Waals surface area contributed by atoms with E-state index < -0.39 is 0 Å². The quantitative estimate of drug-likeness (QED) is 0.741. The van der Waals surface area contributed by atoms with Gasteiger partial charge in [-0.2, -0.15) is 0 Å². The standard InChI is InChI=1S/C16H13BrO2/c1-10-7-8-13-12(9-10)15(18)14(17)16(19-13)11-5-3-2-4-6-11/h2-9,14,16H,1H3. The van der Waals surface area contributed by atoms with E-state index in [1.54, 1.807) is 0 Å². The van der Waals surface area contributed by atoms with Crippen molar-refractivity contribution >= 4 is 21.7 Å². The topological polar surface area (TPSA) is 26.3 Å². The van der Waals surface area contributed by atoms with Gasteiger partial charge in [0.2, 0.25) is 0 Å². The average Bonchev–Trinajstić information content (AvgIpc) is 2.44. The first-order valence-corrected chi connectivity index (χ1v) is 7.09. The fraction of sp³-hybridized carbons (Fsp3) is 0.188. The number of benzene rings is 2. The second-order valence-electron chi connectivity index (χ2n) is 4.71. The molecule has 1 aliphatic rings. The summed E-state index contributed by atoms with van der Waals surface area (Å²) in [5, 5.41) is 0. The maximum Gasteiger partial charge on any atom is 0.184 e. The summed E-state index contributed by atoms with van der Waals surface area (Å²) < 4.78 is 5.99. The molecule has 96 valence electrons. The molecule has 0 fully saturated rings. The van der Waals surface area contributed by atoms with Crippen molar-refractivity contribution in [3.63, 3.8) is 0 Å². The molecule has 0 aliphatic carbocycles. The van der Waals surface area contributed by atoms with Gasteiger partial charge in [0.05, 0.1) is 5.56 Å². The van der Waals surface area contributed by atoms with Gasteiger partial charge in [-0.25, -0.2) is 0 Å². The van der Waals surface area contributed by atoms with E-state index in [1.165, 1.54) is 0 Å². The molecule has 0 aromatic heterocycles. The number of aryl methyl sites for hydroxylation is 1. The lowest BCUT2D eigenvalue weighted by Gasteiger charge is -2.29. The number of ketones is 1. The van der Waals surface area contributed by atoms with Gasteiger partial charge in [-0.05, 0) is 24.6 Å². The molecule has 2 atom stereocenters. The van der Waals surface area contributed by atoms with Crippen LogP contribution in [0.5, 0.6) is 5.75 Å². The maximum atomic E-state index is 12.4. The van der Waals surface area contributed by atoms with Crippen LogP contribution in [-0.4, -0.2) is 10.6 Å². The number of carbonyl (C=O) groups is 1. The van der Waals surface area contributed by atoms with Crippen molar-refractivity contribution in [1.29, 1.82) is 0 Å². The van der Waals surface area contributed by atoms with E-state index in [-0.39, 0.29) is 16.7 Å². The van der Waals surface area contributed by atoms with Crippen LogP contribution < -0.4 is 4.74 Å². The molecule has 19 heavy (non-hydrogen) atoms. The van der Waals surface area contributed by atoms with Crippen LogP contribution >= 0.6 is 15.9 Å². The number of hydrogen-bond donors (Lipinski definition) is 0. The Hall–Kier alpha value is -1.61. The molecular weight excluding hydrogens is 304 g/mol. The molecule has 0 saturated carbocycles. The third-order valence-electron chi connectivity index (χ3n) is 3.30. The lowest BCUT2D eigenvalue weighted by molar-refractivity contribution is 0.0872. The van der Waals surface area contributed by atoms with Crippen LogP contribution in [0.15, 0.2) is 48.5 Å². The van der Waals surface area contributed by atoms with E-state index in [0.29, 0.717) is 11.3 Å². The number of rotatable bonds is 1. The maximum absolute atomic E-state index is 12.4. The largest absolute Gasteiger partial charge is 0.483 e. The van der Waals surface area contributed by atoms with Crippen LogP contribution in [0.2, 0.25) is 0 Å². The summed E-state index contributed by atoms with van der Waals surface area (Å²) in [5.41, 5.74) is 2.73. The molecule has 1 aliphatic heterocycles. The molecule has 0 radical (unpaired) electrons. The van der Waals surface area contributed by atoms with Crippen molar-refractivity contribution in [2.24, 2.45) is 0 Å². The van der Waals surface area contributed by atoms with Gasteiger partial charge in [0, 0.05) is 0 Å². The molecule has 0 amide bonds. The van der Waals surface area contributed by atoms with Crippen LogP contribution in [0, 0.1) is 6.92 Å². The molecular formula is C16H13BrO2. The minimum absolute atomic E-state index is 0.0822. The van der Waals surface area contributed by atoms with Crippen LogP contribution in [0.4, 0.5) is 0 Å². The second kappa shape index (κ2) is 4.82. The predicted molar refractivity (Wildman–Crippen MR) is 78.0 cm³/mol. The van der Waals surface area contributed by atoms with E-state index in [9.17, 15) is 4.79 Å². The monoisotopic (exact) mass is 316 g/mol. The molecule has 2 aromatic carbocycles. The Balaban J connectivity index is 2.04. The predicted octanol–water partition coefficient (Wildman–Crippen LogP) is 4.07. The summed E-state index contributed by atoms with van der Waals surface area (Å²) in [6.07, 6.45) is -0.274. The summed E-state index contributed by atoms with van der Waals surface area (Å²) in [6, 6.07) is 15.5. The second-order valence-corrected chi connectivity index (χ2v) is 5.70. The third-order valence-corrected chi connectivity index (χ3v) is 4.19. The number of carbonyl (C=O) groups excluding carboxylic acids is 1. The van der Waals surface area contributed by atoms with Gasteiger partial charge < -0.3 is 4.74 Å². The number of ether oxygens (including phenoxy) is 1. The molecule has 0 bridgehead atoms. The molecule has 3 rings (SSSR count). The highest BCUT2D eigenvalue weighted by molar-refractivity contribution is 9.10. The van der Waals surface area contributed by atoms with Gasteiger partial charge in [0.1, 0.15) is 16.7 Å². The fourth-order valence-electron chi connectivity index (χ4n) is 2.30. The zero-order valence-electron chi connectivity index (χ0n) is 10.5. The molecule has 2 nitrogen and oxygen atoms in total. The fourth-order valence-corrected chi connectivity index (χ4v) is 2.96. The zero-order valence-corrected chi connectivity index (χ0v) is 12.1. The van der Waals surface area contributed by atoms with Crippen LogP contribution in [-0.2, 0) is 0 Å². The highest BCUT2D eigenvalue weighted by Gasteiger charge is 2.36. The molecule has 2 unspecified atom stereocenters. The lowest BCUT2D eigenvalue weighted by Crippen LogP contribution is -2.32. The average molecular weight is 317 g/mol. The molecule has 3 heteroatoms. The summed E-state index contributed by atoms with van der Waals surface area (Å²) >= 11 is 3.48. The zero-order chi connectivity index (χ0) is 13.4. The van der Waals surface area contributed by atoms with Crippen molar-refractivity contribution in [3.05, 3.63) is 65.2 Å². The van der Waals surface area contributed by atoms with Crippen molar-refractivity contribution in [1.82, 2.24) is 0 Å². The van der Waals surface area contributed by atoms with Crippen LogP contribution in [0.25, 0.3) is 0 Å². The van der Waals surface area contributed by atoms with E-state index in [4.69, 9.17) is 4.74 Å². The van der Waals surface area contributed by atoms with E-state index in [0.717, 1.165) is 11.1 Å². The van der Waals surface area contributed by atoms with Crippen molar-refractivity contribution in [3.8, 4) is 5.75 Å². The van der Waals surface area contributed by atoms with Gasteiger partial charge in [-0.3, -0.25) is 4.79 Å². The normalized spacial score (nSPS) is 21.7. The van der Waals surface area contributed by atoms with Gasteiger partial charge in [0.25, 0.3) is 0 Å². The Morgan fingerprint density at radius 1 is 1.11 bits per heavy atom. The Kier molecular flexibility index (Phi) is 3.15. The highest BCUT2D eigenvalue weighted by atomic mass is 79.9. The number of hydrogen-bond acceptors (Lipinski definition) is 2. The minimum Gasteiger partial charge on any atom is -0.483 e. The number of alkyl halides is 1. The number of halogens is 1. The van der Waals surface area contributed by atoms with Crippen molar-refractivity contribution in [2.75, 3.05) is 0 Å². The van der Waals surface area contributed by atoms with E-state index >= 15 is 0 Å². The highest BCUT2D eigenvalue weighted by Crippen LogP contribution is 2.38. The first kappa shape index (κ1) is 12.4. The first-order valence-electron chi connectivity index (χ1n) is 6.17. The van der Waals surface area contributed by atoms with Crippen molar-refractivity contribution < 1.29 is 9.53 Å². The van der Waals surface area contributed by atoms with Gasteiger partial charge in [0.15, 0.2) is 5.78 Å². The molecule has 0 saturated heterocycles. The summed E-state index contributed by atoms with van der Waals surface area (Å²) in [4.78, 5) is 12.1. The van der Waals surface area contributed by atoms with E-state index in [1.807, 2.05) is 55.5 Å². The number of Topliss-reactive ketones (excluding diaryl/α,β-unsaturated/α-hetero) is 1. The minimum atomic E-state index is -0.343. The summed E-state index contributed by atoms with van der Waals surface area (Å²) in [5.74, 6) is 0.749. The lowest BCUT2D eigenvalue weighted by atomic mass is 9.95. The van der Waals surface area contributed by atoms with Crippen LogP contribution in [0.1, 0.15) is 27.6 Å². The first-order chi connectivity index (χ1) is 9.16. The Bertz CT molecular complexity index is 622. The third kappa shape index (κ3) is 2.19. The Labute approximate surface area is 120 Å². The van der Waals surface area contributed by atoms with Crippen LogP contribution in [0.3, 0.4) is 0 Å². The Morgan fingerprint density at radius 2 is 1.84 bits per heavy atom. The molecule has 0 N–H and O–H groups in total.